The lowest BCUT2D eigenvalue weighted by atomic mass is 10.1. The van der Waals surface area contributed by atoms with Gasteiger partial charge in [-0.15, -0.1) is 0 Å². The van der Waals surface area contributed by atoms with Gasteiger partial charge in [-0.25, -0.2) is 14.2 Å². The summed E-state index contributed by atoms with van der Waals surface area (Å²) in [6.45, 7) is 4.53. The molecule has 3 aromatic rings. The highest BCUT2D eigenvalue weighted by atomic mass is 35.5. The number of para-hydroxylation sites is 1. The molecule has 1 aliphatic rings. The molecule has 6 nitrogen and oxygen atoms in total. The Kier molecular flexibility index (Phi) is 6.96. The van der Waals surface area contributed by atoms with Crippen molar-refractivity contribution in [2.75, 3.05) is 44.7 Å². The van der Waals surface area contributed by atoms with E-state index in [4.69, 9.17) is 16.3 Å². The molecule has 2 amide bonds. The number of carbonyl (C=O) groups is 1. The summed E-state index contributed by atoms with van der Waals surface area (Å²) in [7, 11) is 0. The third-order valence-electron chi connectivity index (χ3n) is 5.26. The molecule has 0 aliphatic carbocycles. The van der Waals surface area contributed by atoms with E-state index in [1.165, 1.54) is 12.1 Å². The van der Waals surface area contributed by atoms with Crippen LogP contribution in [0.1, 0.15) is 5.56 Å². The minimum Gasteiger partial charge on any atom is -0.379 e. The van der Waals surface area contributed by atoms with E-state index in [1.807, 2.05) is 30.3 Å². The minimum absolute atomic E-state index is 0.294. The van der Waals surface area contributed by atoms with Crippen molar-refractivity contribution >= 4 is 34.2 Å². The van der Waals surface area contributed by atoms with E-state index in [1.54, 1.807) is 17.0 Å². The van der Waals surface area contributed by atoms with E-state index < -0.39 is 5.82 Å². The Balaban J connectivity index is 1.53. The van der Waals surface area contributed by atoms with E-state index in [-0.39, 0.29) is 6.03 Å². The van der Waals surface area contributed by atoms with Gasteiger partial charge < -0.3 is 15.0 Å². The number of hydrogen-bond donors (Lipinski definition) is 1. The second-order valence-electron chi connectivity index (χ2n) is 7.45. The Morgan fingerprint density at radius 3 is 2.77 bits per heavy atom. The highest BCUT2D eigenvalue weighted by Gasteiger charge is 2.19. The van der Waals surface area contributed by atoms with Crippen molar-refractivity contribution < 1.29 is 13.9 Å². The molecule has 1 aromatic heterocycles. The Hall–Kier alpha value is -2.74. The van der Waals surface area contributed by atoms with Crippen LogP contribution in [0.3, 0.4) is 0 Å². The van der Waals surface area contributed by atoms with Crippen molar-refractivity contribution in [1.29, 1.82) is 0 Å². The topological polar surface area (TPSA) is 57.7 Å². The fraction of sp³-hybridized carbons (Fsp3) is 0.304. The van der Waals surface area contributed by atoms with E-state index in [9.17, 15) is 9.18 Å². The van der Waals surface area contributed by atoms with Crippen LogP contribution in [0.25, 0.3) is 10.9 Å². The number of aromatic nitrogens is 1. The predicted molar refractivity (Wildman–Crippen MR) is 120 cm³/mol. The average molecular weight is 443 g/mol. The molecule has 0 bridgehead atoms. The first-order chi connectivity index (χ1) is 15.1. The van der Waals surface area contributed by atoms with Gasteiger partial charge in [-0.05, 0) is 30.3 Å². The number of amides is 2. The van der Waals surface area contributed by atoms with Crippen molar-refractivity contribution in [2.24, 2.45) is 0 Å². The van der Waals surface area contributed by atoms with Gasteiger partial charge in [-0.2, -0.15) is 0 Å². The number of halogens is 2. The van der Waals surface area contributed by atoms with Crippen molar-refractivity contribution in [3.05, 3.63) is 71.1 Å². The molecule has 162 valence electrons. The molecule has 2 heterocycles. The predicted octanol–water partition coefficient (Wildman–Crippen LogP) is 4.39. The summed E-state index contributed by atoms with van der Waals surface area (Å²) in [6.07, 6.45) is 0. The smallest absolute Gasteiger partial charge is 0.322 e. The second-order valence-corrected chi connectivity index (χ2v) is 7.81. The molecule has 31 heavy (non-hydrogen) atoms. The van der Waals surface area contributed by atoms with Crippen LogP contribution in [0, 0.1) is 5.82 Å². The number of anilines is 1. The molecular weight excluding hydrogens is 419 g/mol. The molecule has 0 radical (unpaired) electrons. The summed E-state index contributed by atoms with van der Waals surface area (Å²) in [4.78, 5) is 21.5. The van der Waals surface area contributed by atoms with Crippen LogP contribution in [0.2, 0.25) is 5.15 Å². The third kappa shape index (κ3) is 5.70. The van der Waals surface area contributed by atoms with E-state index >= 15 is 0 Å². The first-order valence-electron chi connectivity index (χ1n) is 10.2. The number of fused-ring (bicyclic) bond motifs is 1. The van der Waals surface area contributed by atoms with Crippen molar-refractivity contribution in [2.45, 2.75) is 6.54 Å². The highest BCUT2D eigenvalue weighted by Crippen LogP contribution is 2.22. The number of pyridine rings is 1. The van der Waals surface area contributed by atoms with Crippen LogP contribution in [0.5, 0.6) is 0 Å². The first kappa shape index (κ1) is 21.5. The maximum absolute atomic E-state index is 13.5. The number of ether oxygens (including phenoxy) is 1. The molecule has 1 N–H and O–H groups in total. The Labute approximate surface area is 185 Å². The quantitative estimate of drug-likeness (QED) is 0.575. The maximum Gasteiger partial charge on any atom is 0.322 e. The van der Waals surface area contributed by atoms with Gasteiger partial charge in [0.1, 0.15) is 11.0 Å². The monoisotopic (exact) mass is 442 g/mol. The number of rotatable bonds is 6. The fourth-order valence-electron chi connectivity index (χ4n) is 3.56. The summed E-state index contributed by atoms with van der Waals surface area (Å²) in [5.74, 6) is -0.403. The Morgan fingerprint density at radius 1 is 1.16 bits per heavy atom. The number of nitrogens with one attached hydrogen (secondary N) is 1. The first-order valence-corrected chi connectivity index (χ1v) is 10.6. The number of carbonyl (C=O) groups excluding carboxylic acids is 1. The molecular formula is C23H24ClFN4O2. The lowest BCUT2D eigenvalue weighted by molar-refractivity contribution is 0.0349. The van der Waals surface area contributed by atoms with Gasteiger partial charge in [0.25, 0.3) is 0 Å². The Morgan fingerprint density at radius 2 is 1.97 bits per heavy atom. The fourth-order valence-corrected chi connectivity index (χ4v) is 3.77. The van der Waals surface area contributed by atoms with Gasteiger partial charge in [-0.1, -0.05) is 35.9 Å². The molecule has 4 rings (SSSR count). The molecule has 2 aromatic carbocycles. The average Bonchev–Trinajstić information content (AvgIpc) is 2.77. The normalized spacial score (nSPS) is 14.5. The van der Waals surface area contributed by atoms with Gasteiger partial charge in [0.05, 0.1) is 25.3 Å². The van der Waals surface area contributed by atoms with Crippen LogP contribution in [-0.4, -0.2) is 60.2 Å². The van der Waals surface area contributed by atoms with Gasteiger partial charge in [-0.3, -0.25) is 4.90 Å². The van der Waals surface area contributed by atoms with Crippen LogP contribution < -0.4 is 5.32 Å². The molecule has 0 unspecified atom stereocenters. The minimum atomic E-state index is -0.403. The van der Waals surface area contributed by atoms with E-state index in [2.05, 4.69) is 15.2 Å². The van der Waals surface area contributed by atoms with E-state index in [0.29, 0.717) is 43.7 Å². The standard InChI is InChI=1S/C23H24ClFN4O2/c24-22-18(14-17-4-1-2-7-21(17)27-22)16-29(9-8-28-10-12-31-13-11-28)23(30)26-20-6-3-5-19(25)15-20/h1-7,14-15H,8-13,16H2,(H,26,30). The summed E-state index contributed by atoms with van der Waals surface area (Å²) >= 11 is 6.44. The number of urea groups is 1. The summed E-state index contributed by atoms with van der Waals surface area (Å²) < 4.78 is 18.9. The zero-order chi connectivity index (χ0) is 21.6. The van der Waals surface area contributed by atoms with Gasteiger partial charge in [0.15, 0.2) is 0 Å². The molecule has 1 fully saturated rings. The zero-order valence-electron chi connectivity index (χ0n) is 17.1. The lowest BCUT2D eigenvalue weighted by Crippen LogP contribution is -2.44. The SMILES string of the molecule is O=C(Nc1cccc(F)c1)N(CCN1CCOCC1)Cc1cc2ccccc2nc1Cl. The van der Waals surface area contributed by atoms with Crippen LogP contribution in [0.15, 0.2) is 54.6 Å². The maximum atomic E-state index is 13.5. The van der Waals surface area contributed by atoms with Crippen LogP contribution in [0.4, 0.5) is 14.9 Å². The van der Waals surface area contributed by atoms with Crippen molar-refractivity contribution in [3.63, 3.8) is 0 Å². The number of morpholine rings is 1. The van der Waals surface area contributed by atoms with Crippen molar-refractivity contribution in [3.8, 4) is 0 Å². The number of nitrogens with zero attached hydrogens (tertiary/aromatic N) is 3. The number of benzene rings is 2. The largest absolute Gasteiger partial charge is 0.379 e. The zero-order valence-corrected chi connectivity index (χ0v) is 17.8. The molecule has 1 aliphatic heterocycles. The molecule has 1 saturated heterocycles. The summed E-state index contributed by atoms with van der Waals surface area (Å²) in [6, 6.07) is 15.2. The van der Waals surface area contributed by atoms with Gasteiger partial charge in [0.2, 0.25) is 0 Å². The third-order valence-corrected chi connectivity index (χ3v) is 5.59. The Bertz CT molecular complexity index is 1060. The second kappa shape index (κ2) is 10.0. The van der Waals surface area contributed by atoms with Crippen LogP contribution in [-0.2, 0) is 11.3 Å². The summed E-state index contributed by atoms with van der Waals surface area (Å²) in [5.41, 5.74) is 1.97. The molecule has 0 spiro atoms. The van der Waals surface area contributed by atoms with Crippen LogP contribution >= 0.6 is 11.6 Å². The lowest BCUT2D eigenvalue weighted by Gasteiger charge is -2.30. The number of hydrogen-bond acceptors (Lipinski definition) is 4. The highest BCUT2D eigenvalue weighted by molar-refractivity contribution is 6.30. The van der Waals surface area contributed by atoms with Crippen molar-refractivity contribution in [1.82, 2.24) is 14.8 Å². The van der Waals surface area contributed by atoms with Gasteiger partial charge >= 0.3 is 6.03 Å². The molecule has 0 atom stereocenters. The molecule has 0 saturated carbocycles. The van der Waals surface area contributed by atoms with E-state index in [0.717, 1.165) is 29.6 Å². The van der Waals surface area contributed by atoms with Gasteiger partial charge in [0, 0.05) is 42.8 Å². The summed E-state index contributed by atoms with van der Waals surface area (Å²) in [5, 5.41) is 4.12. The molecule has 8 heteroatoms.